The van der Waals surface area contributed by atoms with Crippen LogP contribution < -0.4 is 0 Å². The van der Waals surface area contributed by atoms with Gasteiger partial charge in [-0.3, -0.25) is 0 Å². The molecule has 2 heterocycles. The van der Waals surface area contributed by atoms with E-state index in [1.54, 1.807) is 0 Å². The first kappa shape index (κ1) is 81.0. The molecule has 0 spiro atoms. The lowest BCUT2D eigenvalue weighted by atomic mass is 9.84. The molecule has 2 aromatic heterocycles. The molecule has 0 saturated carbocycles. The topological polar surface area (TPSA) is 0 Å². The van der Waals surface area contributed by atoms with Gasteiger partial charge in [-0.25, -0.2) is 0 Å². The zero-order valence-electron chi connectivity index (χ0n) is 74.5. The Labute approximate surface area is 799 Å². The van der Waals surface area contributed by atoms with E-state index in [9.17, 15) is 0 Å². The van der Waals surface area contributed by atoms with E-state index >= 15 is 0 Å². The van der Waals surface area contributed by atoms with Gasteiger partial charge >= 0.3 is 0 Å². The monoisotopic (exact) mass is 1760 g/mol. The zero-order valence-corrected chi connectivity index (χ0v) is 76.1. The molecule has 0 radical (unpaired) electrons. The van der Waals surface area contributed by atoms with Gasteiger partial charge < -0.3 is 0 Å². The molecule has 24 aromatic carbocycles. The molecule has 0 amide bonds. The molecule has 0 nitrogen and oxygen atoms in total. The summed E-state index contributed by atoms with van der Waals surface area (Å²) in [5.74, 6) is 0. The minimum absolute atomic E-state index is 1.18. The molecule has 2 heteroatoms. The lowest BCUT2D eigenvalue weighted by Gasteiger charge is -2.19. The van der Waals surface area contributed by atoms with Crippen molar-refractivity contribution in [1.29, 1.82) is 0 Å². The second-order valence-corrected chi connectivity index (χ2v) is 37.6. The van der Waals surface area contributed by atoms with Crippen LogP contribution in [0.15, 0.2) is 522 Å². The molecule has 0 atom stereocenters. The van der Waals surface area contributed by atoms with Gasteiger partial charge in [-0.05, 0) is 283 Å². The van der Waals surface area contributed by atoms with E-state index in [0.717, 1.165) is 0 Å². The van der Waals surface area contributed by atoms with Crippen LogP contribution in [-0.2, 0) is 0 Å². The van der Waals surface area contributed by atoms with E-state index in [2.05, 4.69) is 522 Å². The average Bonchev–Trinajstić information content (AvgIpc) is 1.32. The third-order valence-electron chi connectivity index (χ3n) is 27.4. The molecule has 0 unspecified atom stereocenters. The van der Waals surface area contributed by atoms with Gasteiger partial charge in [-0.2, -0.15) is 0 Å². The zero-order chi connectivity index (χ0) is 89.9. The maximum atomic E-state index is 2.46. The second-order valence-electron chi connectivity index (χ2n) is 35.5. The highest BCUT2D eigenvalue weighted by Crippen LogP contribution is 2.54. The first-order valence-electron chi connectivity index (χ1n) is 46.8. The highest BCUT2D eigenvalue weighted by atomic mass is 32.1. The summed E-state index contributed by atoms with van der Waals surface area (Å²) in [6, 6.07) is 192. The van der Waals surface area contributed by atoms with Gasteiger partial charge in [0.05, 0.1) is 0 Å². The second kappa shape index (κ2) is 35.0. The van der Waals surface area contributed by atoms with Gasteiger partial charge in [0.15, 0.2) is 0 Å². The third kappa shape index (κ3) is 14.9. The fourth-order valence-electron chi connectivity index (χ4n) is 21.0. The standard InChI is InChI=1S/C72H46S.C62H40S/c1-5-19-47(20-6-1)53-29-17-31-55(39-53)59-43-64(49-22-7-2-8-23-49)71-67(45-59)68-46-60(44-65(72(68)73-71)58-36-35-48-21-13-14-28-52(48)41-58)56-32-18-30-54(40-56)57-37-38-63-66(42-57)70(51-26-11-4-12-27-51)62-34-16-15-33-61(62)69(63)50-24-9-3-10-25-50;1-6-19-41(20-7-1)49-37-54(42-21-8-2-9-22-42)61-57(39-49)58-40-50(38-55(62(58)63-61)43-23-10-3-11-24-43)47-30-18-29-46(35-47)48-33-34-53-56(36-48)60(45-27-14-5-15-28-45)52-32-17-16-31-51(52)59(53)44-25-12-4-13-26-44/h1-46H;1-40H. The Morgan fingerprint density at radius 2 is 0.301 bits per heavy atom. The van der Waals surface area contributed by atoms with E-state index in [4.69, 9.17) is 0 Å². The number of benzene rings is 24. The number of fused-ring (bicyclic) bond motifs is 11. The van der Waals surface area contributed by atoms with E-state index < -0.39 is 0 Å². The van der Waals surface area contributed by atoms with Crippen LogP contribution in [0.5, 0.6) is 0 Å². The summed E-state index contributed by atoms with van der Waals surface area (Å²) in [6.45, 7) is 0. The summed E-state index contributed by atoms with van der Waals surface area (Å²) in [6.07, 6.45) is 0. The number of rotatable bonds is 15. The Balaban J connectivity index is 0.000000146. The van der Waals surface area contributed by atoms with Crippen LogP contribution in [0, 0.1) is 0 Å². The fraction of sp³-hybridized carbons (Fsp3) is 0. The summed E-state index contributed by atoms with van der Waals surface area (Å²) in [5.41, 5.74) is 36.7. The minimum Gasteiger partial charge on any atom is -0.134 e. The molecular weight excluding hydrogens is 1670 g/mol. The van der Waals surface area contributed by atoms with Gasteiger partial charge in [0, 0.05) is 62.6 Å². The SMILES string of the molecule is c1ccc(-c2cc(-c3ccccc3)c3sc4c(-c5ccccc5)cc(-c5cccc(-c6ccc7c(-c8ccccc8)c8ccccc8c(-c8ccccc8)c7c6)c5)cc4c3c2)cc1.c1ccc(-c2cccc(-c3cc(-c4ccccc4)c4sc5c(-c6ccc7ccccc7c6)cc(-c6cccc(-c7ccc8c(-c9ccccc9)c9ccccc9c(-c9ccccc9)c8c7)c6)cc5c4c3)c2)cc1. The molecule has 0 N–H and O–H groups in total. The van der Waals surface area contributed by atoms with Crippen molar-refractivity contribution in [3.63, 3.8) is 0 Å². The maximum Gasteiger partial charge on any atom is 0.0434 e. The normalized spacial score (nSPS) is 11.5. The van der Waals surface area contributed by atoms with Crippen LogP contribution in [-0.4, -0.2) is 0 Å². The maximum absolute atomic E-state index is 2.46. The summed E-state index contributed by atoms with van der Waals surface area (Å²) in [4.78, 5) is 0. The molecule has 0 saturated heterocycles. The van der Waals surface area contributed by atoms with Gasteiger partial charge in [0.1, 0.15) is 0 Å². The van der Waals surface area contributed by atoms with E-state index in [0.29, 0.717) is 0 Å². The molecular formula is C134H86S2. The van der Waals surface area contributed by atoms with Crippen molar-refractivity contribution in [3.8, 4) is 167 Å². The predicted molar refractivity (Wildman–Crippen MR) is 588 cm³/mol. The van der Waals surface area contributed by atoms with Crippen molar-refractivity contribution in [2.24, 2.45) is 0 Å². The third-order valence-corrected chi connectivity index (χ3v) is 30.0. The first-order valence-corrected chi connectivity index (χ1v) is 48.4. The van der Waals surface area contributed by atoms with Gasteiger partial charge in [-0.15, -0.1) is 22.7 Å². The highest BCUT2D eigenvalue weighted by molar-refractivity contribution is 7.27. The van der Waals surface area contributed by atoms with Crippen molar-refractivity contribution in [2.45, 2.75) is 0 Å². The molecule has 0 aliphatic carbocycles. The lowest BCUT2D eigenvalue weighted by molar-refractivity contribution is 1.60. The van der Waals surface area contributed by atoms with Crippen LogP contribution >= 0.6 is 22.7 Å². The van der Waals surface area contributed by atoms with Crippen LogP contribution in [0.4, 0.5) is 0 Å². The van der Waals surface area contributed by atoms with E-state index in [1.807, 2.05) is 22.7 Å². The minimum atomic E-state index is 1.18. The summed E-state index contributed by atoms with van der Waals surface area (Å²) in [7, 11) is 0. The smallest absolute Gasteiger partial charge is 0.0434 e. The molecule has 26 rings (SSSR count). The summed E-state index contributed by atoms with van der Waals surface area (Å²) in [5, 5.41) is 17.6. The first-order chi connectivity index (χ1) is 67.4. The van der Waals surface area contributed by atoms with Crippen LogP contribution in [0.3, 0.4) is 0 Å². The van der Waals surface area contributed by atoms with Gasteiger partial charge in [-0.1, -0.05) is 437 Å². The molecule has 0 aliphatic rings. The van der Waals surface area contributed by atoms with E-state index in [-0.39, 0.29) is 0 Å². The van der Waals surface area contributed by atoms with Crippen molar-refractivity contribution in [3.05, 3.63) is 522 Å². The van der Waals surface area contributed by atoms with Gasteiger partial charge in [0.25, 0.3) is 0 Å². The fourth-order valence-corrected chi connectivity index (χ4v) is 23.6. The molecule has 136 heavy (non-hydrogen) atoms. The largest absolute Gasteiger partial charge is 0.134 e. The van der Waals surface area contributed by atoms with Crippen LogP contribution in [0.1, 0.15) is 0 Å². The number of thiophene rings is 2. The number of hydrogen-bond acceptors (Lipinski definition) is 2. The summed E-state index contributed by atoms with van der Waals surface area (Å²) < 4.78 is 5.21. The lowest BCUT2D eigenvalue weighted by Crippen LogP contribution is -1.91. The Bertz CT molecular complexity index is 9080. The Hall–Kier alpha value is -17.0. The molecule has 634 valence electrons. The van der Waals surface area contributed by atoms with Gasteiger partial charge in [0.2, 0.25) is 0 Å². The molecule has 0 fully saturated rings. The van der Waals surface area contributed by atoms with Crippen molar-refractivity contribution >= 4 is 117 Å². The van der Waals surface area contributed by atoms with Crippen molar-refractivity contribution in [1.82, 2.24) is 0 Å². The molecule has 0 aliphatic heterocycles. The van der Waals surface area contributed by atoms with Crippen molar-refractivity contribution < 1.29 is 0 Å². The predicted octanol–water partition coefficient (Wildman–Crippen LogP) is 38.9. The quantitative estimate of drug-likeness (QED) is 0.0898. The Kier molecular flexibility index (Phi) is 20.8. The van der Waals surface area contributed by atoms with Crippen molar-refractivity contribution in [2.75, 3.05) is 0 Å². The molecule has 26 aromatic rings. The van der Waals surface area contributed by atoms with Crippen LogP contribution in [0.2, 0.25) is 0 Å². The molecule has 0 bridgehead atoms. The Morgan fingerprint density at radius 1 is 0.0956 bits per heavy atom. The Morgan fingerprint density at radius 3 is 0.625 bits per heavy atom. The summed E-state index contributed by atoms with van der Waals surface area (Å²) >= 11 is 3.83. The highest BCUT2D eigenvalue weighted by Gasteiger charge is 2.26. The average molecular weight is 1760 g/mol. The van der Waals surface area contributed by atoms with E-state index in [1.165, 1.54) is 261 Å². The number of hydrogen-bond donors (Lipinski definition) is 0. The van der Waals surface area contributed by atoms with Crippen LogP contribution in [0.25, 0.3) is 261 Å².